The van der Waals surface area contributed by atoms with E-state index in [1.165, 1.54) is 5.57 Å². The second-order valence-electron chi connectivity index (χ2n) is 9.33. The Bertz CT molecular complexity index is 870. The number of rotatable bonds is 7. The fourth-order valence-corrected chi connectivity index (χ4v) is 4.19. The van der Waals surface area contributed by atoms with Crippen LogP contribution in [0.3, 0.4) is 0 Å². The lowest BCUT2D eigenvalue weighted by Gasteiger charge is -2.37. The van der Waals surface area contributed by atoms with Crippen LogP contribution < -0.4 is 4.74 Å². The predicted octanol–water partition coefficient (Wildman–Crippen LogP) is 1.89. The summed E-state index contributed by atoms with van der Waals surface area (Å²) in [6, 6.07) is 1.53. The molecule has 0 radical (unpaired) electrons. The third-order valence-electron chi connectivity index (χ3n) is 6.26. The summed E-state index contributed by atoms with van der Waals surface area (Å²) in [4.78, 5) is 35.7. The Morgan fingerprint density at radius 1 is 1.38 bits per heavy atom. The van der Waals surface area contributed by atoms with Crippen molar-refractivity contribution < 1.29 is 19.4 Å². The maximum absolute atomic E-state index is 13.5. The third-order valence-corrected chi connectivity index (χ3v) is 6.26. The van der Waals surface area contributed by atoms with Crippen LogP contribution in [0.4, 0.5) is 0 Å². The fraction of sp³-hybridized carbons (Fsp3) is 0.625. The number of aromatic nitrogens is 1. The maximum atomic E-state index is 13.5. The van der Waals surface area contributed by atoms with Crippen LogP contribution in [0.5, 0.6) is 5.88 Å². The highest BCUT2D eigenvalue weighted by molar-refractivity contribution is 5.97. The number of allylic oxidation sites excluding steroid dienone is 2. The first-order chi connectivity index (χ1) is 15.2. The van der Waals surface area contributed by atoms with E-state index in [1.807, 2.05) is 38.9 Å². The standard InChI is InChI=1S/C24H36N4O4/c1-16-12-28(17(2)15-29)24(31)20-10-19(18-8-6-7-9-18)11-25-23(20)32-21(16)13-27(5)22(30)14-26(3)4/h8,10-11,16-17,21,29H,6-7,9,12-15H2,1-5H3/t16-,17+,21-/m1/s1. The second-order valence-corrected chi connectivity index (χ2v) is 9.33. The molecule has 0 spiro atoms. The summed E-state index contributed by atoms with van der Waals surface area (Å²) >= 11 is 0. The van der Waals surface area contributed by atoms with Crippen molar-refractivity contribution in [2.24, 2.45) is 5.92 Å². The quantitative estimate of drug-likeness (QED) is 0.691. The van der Waals surface area contributed by atoms with E-state index >= 15 is 0 Å². The molecule has 1 N–H and O–H groups in total. The van der Waals surface area contributed by atoms with Crippen molar-refractivity contribution in [3.8, 4) is 5.88 Å². The topological polar surface area (TPSA) is 86.2 Å². The number of aliphatic hydroxyl groups excluding tert-OH is 1. The van der Waals surface area contributed by atoms with E-state index in [0.717, 1.165) is 24.8 Å². The number of fused-ring (bicyclic) bond motifs is 1. The van der Waals surface area contributed by atoms with Crippen molar-refractivity contribution in [3.63, 3.8) is 0 Å². The van der Waals surface area contributed by atoms with Crippen LogP contribution in [0.1, 0.15) is 49.0 Å². The lowest BCUT2D eigenvalue weighted by atomic mass is 9.99. The van der Waals surface area contributed by atoms with Gasteiger partial charge in [-0.25, -0.2) is 4.98 Å². The normalized spacial score (nSPS) is 22.0. The monoisotopic (exact) mass is 444 g/mol. The second kappa shape index (κ2) is 10.4. The molecule has 3 atom stereocenters. The van der Waals surface area contributed by atoms with Gasteiger partial charge in [-0.1, -0.05) is 13.0 Å². The van der Waals surface area contributed by atoms with Gasteiger partial charge in [0.05, 0.1) is 25.7 Å². The van der Waals surface area contributed by atoms with Gasteiger partial charge in [-0.2, -0.15) is 0 Å². The summed E-state index contributed by atoms with van der Waals surface area (Å²) in [6.07, 6.45) is 6.75. The van der Waals surface area contributed by atoms with Crippen LogP contribution >= 0.6 is 0 Å². The zero-order valence-corrected chi connectivity index (χ0v) is 19.9. The molecule has 1 aromatic heterocycles. The molecule has 0 fully saturated rings. The highest BCUT2D eigenvalue weighted by Crippen LogP contribution is 2.32. The van der Waals surface area contributed by atoms with E-state index in [1.54, 1.807) is 23.0 Å². The molecular formula is C24H36N4O4. The molecule has 176 valence electrons. The summed E-state index contributed by atoms with van der Waals surface area (Å²) in [6.45, 7) is 4.84. The Morgan fingerprint density at radius 2 is 2.12 bits per heavy atom. The average Bonchev–Trinajstić information content (AvgIpc) is 3.29. The fourth-order valence-electron chi connectivity index (χ4n) is 4.19. The Balaban J connectivity index is 1.94. The van der Waals surface area contributed by atoms with E-state index in [0.29, 0.717) is 25.2 Å². The predicted molar refractivity (Wildman–Crippen MR) is 123 cm³/mol. The molecule has 1 aliphatic carbocycles. The van der Waals surface area contributed by atoms with Gasteiger partial charge in [0, 0.05) is 25.7 Å². The molecule has 8 nitrogen and oxygen atoms in total. The first-order valence-corrected chi connectivity index (χ1v) is 11.4. The van der Waals surface area contributed by atoms with Crippen molar-refractivity contribution in [1.29, 1.82) is 0 Å². The molecule has 2 aliphatic rings. The number of hydrogen-bond donors (Lipinski definition) is 1. The number of pyridine rings is 1. The van der Waals surface area contributed by atoms with Gasteiger partial charge >= 0.3 is 0 Å². The molecule has 0 bridgehead atoms. The summed E-state index contributed by atoms with van der Waals surface area (Å²) in [5.74, 6) is 0.0465. The Kier molecular flexibility index (Phi) is 7.90. The Hall–Kier alpha value is -2.45. The summed E-state index contributed by atoms with van der Waals surface area (Å²) in [5.41, 5.74) is 2.56. The zero-order chi connectivity index (χ0) is 23.4. The van der Waals surface area contributed by atoms with Crippen molar-refractivity contribution in [2.75, 3.05) is 47.4 Å². The third kappa shape index (κ3) is 5.48. The Morgan fingerprint density at radius 3 is 2.75 bits per heavy atom. The lowest BCUT2D eigenvalue weighted by molar-refractivity contribution is -0.132. The smallest absolute Gasteiger partial charge is 0.259 e. The summed E-state index contributed by atoms with van der Waals surface area (Å²) in [5, 5.41) is 9.79. The van der Waals surface area contributed by atoms with Crippen LogP contribution in [0.25, 0.3) is 5.57 Å². The van der Waals surface area contributed by atoms with E-state index in [9.17, 15) is 14.7 Å². The van der Waals surface area contributed by atoms with Gasteiger partial charge in [0.25, 0.3) is 5.91 Å². The highest BCUT2D eigenvalue weighted by Gasteiger charge is 2.35. The molecule has 2 heterocycles. The van der Waals surface area contributed by atoms with Crippen molar-refractivity contribution in [3.05, 3.63) is 29.5 Å². The van der Waals surface area contributed by atoms with Gasteiger partial charge in [-0.3, -0.25) is 9.59 Å². The molecule has 2 amide bonds. The highest BCUT2D eigenvalue weighted by atomic mass is 16.5. The number of carbonyl (C=O) groups is 2. The molecular weight excluding hydrogens is 408 g/mol. The van der Waals surface area contributed by atoms with Crippen LogP contribution in [0, 0.1) is 5.92 Å². The van der Waals surface area contributed by atoms with Crippen LogP contribution in [-0.4, -0.2) is 96.1 Å². The molecule has 1 aromatic rings. The molecule has 3 rings (SSSR count). The number of likely N-dealkylation sites (N-methyl/N-ethyl adjacent to an activating group) is 2. The van der Waals surface area contributed by atoms with Gasteiger partial charge in [0.1, 0.15) is 11.7 Å². The van der Waals surface area contributed by atoms with Gasteiger partial charge in [-0.15, -0.1) is 0 Å². The average molecular weight is 445 g/mol. The number of ether oxygens (including phenoxy) is 1. The molecule has 0 saturated carbocycles. The Labute approximate surface area is 190 Å². The first kappa shape index (κ1) is 24.2. The molecule has 0 unspecified atom stereocenters. The number of carbonyl (C=O) groups excluding carboxylic acids is 2. The minimum Gasteiger partial charge on any atom is -0.472 e. The van der Waals surface area contributed by atoms with E-state index in [4.69, 9.17) is 4.74 Å². The van der Waals surface area contributed by atoms with E-state index in [2.05, 4.69) is 11.1 Å². The number of nitrogens with zero attached hydrogens (tertiary/aromatic N) is 4. The van der Waals surface area contributed by atoms with E-state index in [-0.39, 0.29) is 42.4 Å². The van der Waals surface area contributed by atoms with Gasteiger partial charge < -0.3 is 24.5 Å². The largest absolute Gasteiger partial charge is 0.472 e. The number of aliphatic hydroxyl groups is 1. The number of hydrogen-bond acceptors (Lipinski definition) is 6. The first-order valence-electron chi connectivity index (χ1n) is 11.4. The van der Waals surface area contributed by atoms with Gasteiger partial charge in [-0.05, 0) is 57.5 Å². The SMILES string of the molecule is C[C@@H]1CN([C@@H](C)CO)C(=O)c2cc(C3=CCCC3)cnc2O[C@@H]1CN(C)C(=O)CN(C)C. The minimum atomic E-state index is -0.338. The summed E-state index contributed by atoms with van der Waals surface area (Å²) in [7, 11) is 5.49. The van der Waals surface area contributed by atoms with Crippen molar-refractivity contribution >= 4 is 17.4 Å². The molecule has 32 heavy (non-hydrogen) atoms. The molecule has 0 saturated heterocycles. The molecule has 1 aliphatic heterocycles. The lowest BCUT2D eigenvalue weighted by Crippen LogP contribution is -2.51. The van der Waals surface area contributed by atoms with Crippen molar-refractivity contribution in [1.82, 2.24) is 19.7 Å². The van der Waals surface area contributed by atoms with Crippen LogP contribution in [0.15, 0.2) is 18.3 Å². The zero-order valence-electron chi connectivity index (χ0n) is 19.9. The summed E-state index contributed by atoms with van der Waals surface area (Å²) < 4.78 is 6.28. The van der Waals surface area contributed by atoms with Gasteiger partial charge in [0.15, 0.2) is 0 Å². The van der Waals surface area contributed by atoms with Crippen molar-refractivity contribution in [2.45, 2.75) is 45.3 Å². The van der Waals surface area contributed by atoms with Crippen LogP contribution in [0.2, 0.25) is 0 Å². The minimum absolute atomic E-state index is 0.00113. The van der Waals surface area contributed by atoms with Gasteiger partial charge in [0.2, 0.25) is 11.8 Å². The maximum Gasteiger partial charge on any atom is 0.259 e. The number of amides is 2. The van der Waals surface area contributed by atoms with E-state index < -0.39 is 0 Å². The van der Waals surface area contributed by atoms with Crippen LogP contribution in [-0.2, 0) is 4.79 Å². The molecule has 0 aromatic carbocycles. The molecule has 8 heteroatoms.